The first-order valence-electron chi connectivity index (χ1n) is 9.23. The smallest absolute Gasteiger partial charge is 0.271 e. The van der Waals surface area contributed by atoms with Crippen LogP contribution in [-0.4, -0.2) is 28.7 Å². The summed E-state index contributed by atoms with van der Waals surface area (Å²) >= 11 is 0. The van der Waals surface area contributed by atoms with E-state index in [-0.39, 0.29) is 5.91 Å². The van der Waals surface area contributed by atoms with Crippen LogP contribution in [0.5, 0.6) is 0 Å². The van der Waals surface area contributed by atoms with Gasteiger partial charge in [-0.25, -0.2) is 0 Å². The quantitative estimate of drug-likeness (QED) is 0.757. The van der Waals surface area contributed by atoms with Crippen LogP contribution in [0.2, 0.25) is 0 Å². The van der Waals surface area contributed by atoms with Crippen LogP contribution in [0.25, 0.3) is 0 Å². The standard InChI is InChI=1S/C20H26N4O/c25-20(21-15-7-10-16-8-3-1-4-9-16)18-13-14-19(24-23-18)22-17-11-5-2-6-12-17/h1,3-4,8-9,13-14,17H,2,5-7,10-12,15H2,(H,21,25)(H,22,24). The van der Waals surface area contributed by atoms with Crippen LogP contribution < -0.4 is 10.6 Å². The van der Waals surface area contributed by atoms with Gasteiger partial charge in [-0.1, -0.05) is 49.6 Å². The summed E-state index contributed by atoms with van der Waals surface area (Å²) in [5, 5.41) is 14.5. The molecule has 1 aromatic heterocycles. The maximum absolute atomic E-state index is 12.1. The van der Waals surface area contributed by atoms with Gasteiger partial charge in [-0.15, -0.1) is 10.2 Å². The van der Waals surface area contributed by atoms with E-state index in [9.17, 15) is 4.79 Å². The lowest BCUT2D eigenvalue weighted by Crippen LogP contribution is -2.26. The minimum absolute atomic E-state index is 0.162. The Hall–Kier alpha value is -2.43. The highest BCUT2D eigenvalue weighted by molar-refractivity contribution is 5.92. The average molecular weight is 338 g/mol. The number of aryl methyl sites for hydroxylation is 1. The van der Waals surface area contributed by atoms with Crippen LogP contribution in [0.15, 0.2) is 42.5 Å². The van der Waals surface area contributed by atoms with Crippen molar-refractivity contribution in [3.05, 3.63) is 53.7 Å². The second kappa shape index (κ2) is 9.16. The zero-order valence-corrected chi connectivity index (χ0v) is 14.6. The zero-order valence-electron chi connectivity index (χ0n) is 14.6. The first kappa shape index (κ1) is 17.4. The minimum atomic E-state index is -0.162. The fraction of sp³-hybridized carbons (Fsp3) is 0.450. The van der Waals surface area contributed by atoms with E-state index in [0.717, 1.165) is 18.7 Å². The molecule has 1 aromatic carbocycles. The zero-order chi connectivity index (χ0) is 17.3. The third kappa shape index (κ3) is 5.55. The van der Waals surface area contributed by atoms with Crippen molar-refractivity contribution in [2.24, 2.45) is 0 Å². The van der Waals surface area contributed by atoms with Gasteiger partial charge in [0.2, 0.25) is 0 Å². The summed E-state index contributed by atoms with van der Waals surface area (Å²) < 4.78 is 0. The Labute approximate surface area is 149 Å². The summed E-state index contributed by atoms with van der Waals surface area (Å²) in [7, 11) is 0. The number of nitrogens with one attached hydrogen (secondary N) is 2. The normalized spacial score (nSPS) is 14.9. The molecule has 2 aromatic rings. The highest BCUT2D eigenvalue weighted by atomic mass is 16.1. The lowest BCUT2D eigenvalue weighted by atomic mass is 9.95. The molecular weight excluding hydrogens is 312 g/mol. The maximum atomic E-state index is 12.1. The molecule has 1 amide bonds. The minimum Gasteiger partial charge on any atom is -0.366 e. The molecule has 25 heavy (non-hydrogen) atoms. The molecule has 1 aliphatic carbocycles. The van der Waals surface area contributed by atoms with Crippen molar-refractivity contribution in [2.45, 2.75) is 51.0 Å². The molecule has 0 spiro atoms. The van der Waals surface area contributed by atoms with Crippen molar-refractivity contribution in [3.8, 4) is 0 Å². The van der Waals surface area contributed by atoms with E-state index in [1.165, 1.54) is 37.7 Å². The molecule has 2 N–H and O–H groups in total. The molecule has 0 saturated heterocycles. The SMILES string of the molecule is O=C(NCCCc1ccccc1)c1ccc(NC2CCCCC2)nn1. The topological polar surface area (TPSA) is 66.9 Å². The average Bonchev–Trinajstić information content (AvgIpc) is 2.67. The number of nitrogens with zero attached hydrogens (tertiary/aromatic N) is 2. The van der Waals surface area contributed by atoms with E-state index in [4.69, 9.17) is 0 Å². The number of benzene rings is 1. The number of carbonyl (C=O) groups excluding carboxylic acids is 1. The predicted molar refractivity (Wildman–Crippen MR) is 99.6 cm³/mol. The Bertz CT molecular complexity index is 651. The van der Waals surface area contributed by atoms with Crippen LogP contribution in [0.1, 0.15) is 54.6 Å². The first-order chi connectivity index (χ1) is 12.3. The highest BCUT2D eigenvalue weighted by Crippen LogP contribution is 2.20. The van der Waals surface area contributed by atoms with Gasteiger partial charge < -0.3 is 10.6 Å². The molecule has 0 radical (unpaired) electrons. The van der Waals surface area contributed by atoms with E-state index in [2.05, 4.69) is 33.0 Å². The molecule has 0 atom stereocenters. The summed E-state index contributed by atoms with van der Waals surface area (Å²) in [5.74, 6) is 0.595. The molecule has 1 saturated carbocycles. The molecule has 1 fully saturated rings. The van der Waals surface area contributed by atoms with E-state index in [1.807, 2.05) is 24.3 Å². The van der Waals surface area contributed by atoms with Gasteiger partial charge in [-0.2, -0.15) is 0 Å². The third-order valence-corrected chi connectivity index (χ3v) is 4.62. The van der Waals surface area contributed by atoms with Gasteiger partial charge in [0.05, 0.1) is 0 Å². The number of aromatic nitrogens is 2. The van der Waals surface area contributed by atoms with Gasteiger partial charge in [0.15, 0.2) is 5.69 Å². The number of hydrogen-bond acceptors (Lipinski definition) is 4. The Morgan fingerprint density at radius 2 is 1.80 bits per heavy atom. The Morgan fingerprint density at radius 3 is 2.52 bits per heavy atom. The summed E-state index contributed by atoms with van der Waals surface area (Å²) in [6, 6.07) is 14.4. The van der Waals surface area contributed by atoms with Crippen molar-refractivity contribution >= 4 is 11.7 Å². The fourth-order valence-corrected chi connectivity index (χ4v) is 3.22. The van der Waals surface area contributed by atoms with Crippen molar-refractivity contribution in [3.63, 3.8) is 0 Å². The van der Waals surface area contributed by atoms with Crippen molar-refractivity contribution in [2.75, 3.05) is 11.9 Å². The van der Waals surface area contributed by atoms with Gasteiger partial charge in [-0.3, -0.25) is 4.79 Å². The molecule has 132 valence electrons. The Morgan fingerprint density at radius 1 is 1.00 bits per heavy atom. The van der Waals surface area contributed by atoms with Crippen molar-refractivity contribution < 1.29 is 4.79 Å². The molecular formula is C20H26N4O. The van der Waals surface area contributed by atoms with Gasteiger partial charge in [0.1, 0.15) is 5.82 Å². The largest absolute Gasteiger partial charge is 0.366 e. The van der Waals surface area contributed by atoms with E-state index in [0.29, 0.717) is 18.3 Å². The number of rotatable bonds is 7. The summed E-state index contributed by atoms with van der Waals surface area (Å²) in [5.41, 5.74) is 1.66. The molecule has 1 aliphatic rings. The van der Waals surface area contributed by atoms with Gasteiger partial charge >= 0.3 is 0 Å². The summed E-state index contributed by atoms with van der Waals surface area (Å²) in [4.78, 5) is 12.1. The molecule has 0 aliphatic heterocycles. The fourth-order valence-electron chi connectivity index (χ4n) is 3.22. The highest BCUT2D eigenvalue weighted by Gasteiger charge is 2.14. The number of anilines is 1. The molecule has 5 nitrogen and oxygen atoms in total. The lowest BCUT2D eigenvalue weighted by Gasteiger charge is -2.22. The Balaban J connectivity index is 1.41. The summed E-state index contributed by atoms with van der Waals surface area (Å²) in [6.07, 6.45) is 8.11. The Kier molecular flexibility index (Phi) is 6.37. The maximum Gasteiger partial charge on any atom is 0.271 e. The van der Waals surface area contributed by atoms with E-state index in [1.54, 1.807) is 6.07 Å². The molecule has 1 heterocycles. The number of hydrogen-bond donors (Lipinski definition) is 2. The van der Waals surface area contributed by atoms with E-state index < -0.39 is 0 Å². The van der Waals surface area contributed by atoms with Gasteiger partial charge in [0.25, 0.3) is 5.91 Å². The molecule has 3 rings (SSSR count). The number of carbonyl (C=O) groups is 1. The van der Waals surface area contributed by atoms with E-state index >= 15 is 0 Å². The summed E-state index contributed by atoms with van der Waals surface area (Å²) in [6.45, 7) is 0.636. The second-order valence-corrected chi connectivity index (χ2v) is 6.63. The molecule has 5 heteroatoms. The van der Waals surface area contributed by atoms with Crippen molar-refractivity contribution in [1.82, 2.24) is 15.5 Å². The lowest BCUT2D eigenvalue weighted by molar-refractivity contribution is 0.0947. The van der Waals surface area contributed by atoms with Crippen LogP contribution >= 0.6 is 0 Å². The molecule has 0 unspecified atom stereocenters. The van der Waals surface area contributed by atoms with Crippen molar-refractivity contribution in [1.29, 1.82) is 0 Å². The predicted octanol–water partition coefficient (Wildman–Crippen LogP) is 3.58. The van der Waals surface area contributed by atoms with Crippen LogP contribution in [-0.2, 0) is 6.42 Å². The first-order valence-corrected chi connectivity index (χ1v) is 9.23. The van der Waals surface area contributed by atoms with Gasteiger partial charge in [-0.05, 0) is 43.4 Å². The monoisotopic (exact) mass is 338 g/mol. The van der Waals surface area contributed by atoms with Crippen LogP contribution in [0.4, 0.5) is 5.82 Å². The molecule has 0 bridgehead atoms. The number of amides is 1. The third-order valence-electron chi connectivity index (χ3n) is 4.62. The van der Waals surface area contributed by atoms with Crippen LogP contribution in [0, 0.1) is 0 Å². The second-order valence-electron chi connectivity index (χ2n) is 6.63. The van der Waals surface area contributed by atoms with Crippen LogP contribution in [0.3, 0.4) is 0 Å². The van der Waals surface area contributed by atoms with Gasteiger partial charge in [0, 0.05) is 12.6 Å².